The molecule has 1 aromatic carbocycles. The van der Waals surface area contributed by atoms with E-state index in [4.69, 9.17) is 4.98 Å². The lowest BCUT2D eigenvalue weighted by Gasteiger charge is -2.33. The van der Waals surface area contributed by atoms with E-state index < -0.39 is 0 Å². The lowest BCUT2D eigenvalue weighted by molar-refractivity contribution is -0.115. The number of nitrogens with one attached hydrogen (secondary N) is 3. The molecule has 6 rings (SSSR count). The number of hydrogen-bond donors (Lipinski definition) is 3. The van der Waals surface area contributed by atoms with E-state index in [9.17, 15) is 4.79 Å². The first-order chi connectivity index (χ1) is 17.6. The number of fused-ring (bicyclic) bond motifs is 2. The molecule has 0 saturated carbocycles. The van der Waals surface area contributed by atoms with Crippen LogP contribution in [0.1, 0.15) is 13.3 Å². The number of amides is 1. The van der Waals surface area contributed by atoms with E-state index >= 15 is 0 Å². The molecule has 1 aliphatic rings. The maximum Gasteiger partial charge on any atom is 0.224 e. The summed E-state index contributed by atoms with van der Waals surface area (Å²) in [5.41, 5.74) is 6.41. The fourth-order valence-corrected chi connectivity index (χ4v) is 4.75. The summed E-state index contributed by atoms with van der Waals surface area (Å²) < 4.78 is 0. The van der Waals surface area contributed by atoms with Gasteiger partial charge in [-0.05, 0) is 42.9 Å². The van der Waals surface area contributed by atoms with E-state index in [1.54, 1.807) is 12.4 Å². The summed E-state index contributed by atoms with van der Waals surface area (Å²) in [6, 6.07) is 12.3. The highest BCUT2D eigenvalue weighted by Gasteiger charge is 2.20. The van der Waals surface area contributed by atoms with Crippen molar-refractivity contribution in [2.45, 2.75) is 13.3 Å². The van der Waals surface area contributed by atoms with Crippen molar-refractivity contribution >= 4 is 39.2 Å². The molecule has 9 heteroatoms. The van der Waals surface area contributed by atoms with Gasteiger partial charge >= 0.3 is 0 Å². The van der Waals surface area contributed by atoms with Crippen LogP contribution in [0, 0.1) is 0 Å². The van der Waals surface area contributed by atoms with Crippen molar-refractivity contribution in [3.05, 3.63) is 55.0 Å². The van der Waals surface area contributed by atoms with Gasteiger partial charge in [-0.2, -0.15) is 5.10 Å². The summed E-state index contributed by atoms with van der Waals surface area (Å²) in [7, 11) is 2.16. The number of aromatic amines is 2. The number of nitrogens with zero attached hydrogens (tertiary/aromatic N) is 5. The van der Waals surface area contributed by atoms with E-state index in [2.05, 4.69) is 54.5 Å². The molecule has 1 amide bonds. The van der Waals surface area contributed by atoms with Crippen molar-refractivity contribution < 1.29 is 4.79 Å². The van der Waals surface area contributed by atoms with Crippen LogP contribution < -0.4 is 10.2 Å². The number of carbonyl (C=O) groups is 1. The molecule has 0 unspecified atom stereocenters. The monoisotopic (exact) mass is 480 g/mol. The first-order valence-electron chi connectivity index (χ1n) is 12.2. The number of rotatable bonds is 5. The van der Waals surface area contributed by atoms with E-state index in [-0.39, 0.29) is 5.91 Å². The third kappa shape index (κ3) is 4.07. The van der Waals surface area contributed by atoms with Gasteiger partial charge in [-0.15, -0.1) is 0 Å². The van der Waals surface area contributed by atoms with Crippen molar-refractivity contribution in [2.75, 3.05) is 43.4 Å². The van der Waals surface area contributed by atoms with Crippen LogP contribution in [0.5, 0.6) is 0 Å². The van der Waals surface area contributed by atoms with Gasteiger partial charge in [0.1, 0.15) is 11.5 Å². The lowest BCUT2D eigenvalue weighted by Crippen LogP contribution is -2.44. The Morgan fingerprint density at radius 3 is 2.69 bits per heavy atom. The Morgan fingerprint density at radius 1 is 1.00 bits per heavy atom. The average Bonchev–Trinajstić information content (AvgIpc) is 3.53. The molecule has 5 heterocycles. The number of likely N-dealkylation sites (N-methyl/N-ethyl adjacent to an activating group) is 1. The van der Waals surface area contributed by atoms with E-state index in [0.29, 0.717) is 12.1 Å². The molecule has 5 aromatic rings. The van der Waals surface area contributed by atoms with Crippen LogP contribution in [0.25, 0.3) is 44.3 Å². The van der Waals surface area contributed by atoms with Crippen LogP contribution in [0.4, 0.5) is 11.5 Å². The van der Waals surface area contributed by atoms with Gasteiger partial charge in [0.05, 0.1) is 28.6 Å². The van der Waals surface area contributed by atoms with Gasteiger partial charge < -0.3 is 20.1 Å². The quantitative estimate of drug-likeness (QED) is 0.347. The highest BCUT2D eigenvalue weighted by atomic mass is 16.1. The maximum atomic E-state index is 11.8. The van der Waals surface area contributed by atoms with Gasteiger partial charge in [-0.3, -0.25) is 14.9 Å². The Morgan fingerprint density at radius 2 is 1.86 bits per heavy atom. The van der Waals surface area contributed by atoms with Crippen molar-refractivity contribution in [3.63, 3.8) is 0 Å². The van der Waals surface area contributed by atoms with Gasteiger partial charge in [0.2, 0.25) is 5.91 Å². The number of anilines is 2. The molecular weight excluding hydrogens is 452 g/mol. The summed E-state index contributed by atoms with van der Waals surface area (Å²) in [6.07, 6.45) is 5.76. The highest BCUT2D eigenvalue weighted by Crippen LogP contribution is 2.34. The molecule has 0 spiro atoms. The number of benzene rings is 1. The third-order valence-corrected chi connectivity index (χ3v) is 6.82. The zero-order chi connectivity index (χ0) is 24.6. The minimum atomic E-state index is -0.0363. The number of piperazine rings is 1. The molecule has 36 heavy (non-hydrogen) atoms. The Bertz CT molecular complexity index is 1560. The SMILES string of the molecule is CCC(=O)Nc1cncc(-c2ccc3[nH]nc(-c4cc5c(N6CCN(C)CC6)nccc5[nH]4)c3c2)c1. The molecule has 1 fully saturated rings. The van der Waals surface area contributed by atoms with Crippen molar-refractivity contribution in [1.29, 1.82) is 0 Å². The molecule has 0 aliphatic carbocycles. The number of pyridine rings is 2. The van der Waals surface area contributed by atoms with E-state index in [0.717, 1.165) is 76.3 Å². The van der Waals surface area contributed by atoms with Crippen LogP contribution in [0.15, 0.2) is 55.0 Å². The zero-order valence-corrected chi connectivity index (χ0v) is 20.4. The highest BCUT2D eigenvalue weighted by molar-refractivity contribution is 6.00. The smallest absolute Gasteiger partial charge is 0.224 e. The molecule has 0 bridgehead atoms. The van der Waals surface area contributed by atoms with Crippen LogP contribution in [0.3, 0.4) is 0 Å². The Kier molecular flexibility index (Phi) is 5.61. The minimum Gasteiger partial charge on any atom is -0.353 e. The number of H-pyrrole nitrogens is 2. The molecule has 1 saturated heterocycles. The van der Waals surface area contributed by atoms with Crippen LogP contribution >= 0.6 is 0 Å². The first kappa shape index (κ1) is 22.2. The van der Waals surface area contributed by atoms with Gasteiger partial charge in [-0.25, -0.2) is 4.98 Å². The first-order valence-corrected chi connectivity index (χ1v) is 12.2. The maximum absolute atomic E-state index is 11.8. The Labute approximate surface area is 208 Å². The second kappa shape index (κ2) is 9.09. The molecular formula is C27H28N8O. The lowest BCUT2D eigenvalue weighted by atomic mass is 10.0. The summed E-state index contributed by atoms with van der Waals surface area (Å²) in [5, 5.41) is 12.8. The number of aromatic nitrogens is 5. The number of carbonyl (C=O) groups excluding carboxylic acids is 1. The predicted octanol–water partition coefficient (Wildman–Crippen LogP) is 4.27. The molecule has 9 nitrogen and oxygen atoms in total. The molecule has 4 aromatic heterocycles. The van der Waals surface area contributed by atoms with Gasteiger partial charge in [-0.1, -0.05) is 13.0 Å². The standard InChI is InChI=1S/C27H28N8O/c1-3-25(36)30-19-12-18(15-28-16-19)17-4-5-23-20(13-17)26(33-32-23)24-14-21-22(31-24)6-7-29-27(21)35-10-8-34(2)9-11-35/h4-7,12-16,31H,3,8-11H2,1-2H3,(H,30,36)(H,32,33). The van der Waals surface area contributed by atoms with Crippen LogP contribution in [-0.4, -0.2) is 69.2 Å². The fourth-order valence-electron chi connectivity index (χ4n) is 4.75. The predicted molar refractivity (Wildman–Crippen MR) is 143 cm³/mol. The zero-order valence-electron chi connectivity index (χ0n) is 20.4. The molecule has 182 valence electrons. The Balaban J connectivity index is 1.38. The Hall–Kier alpha value is -4.24. The summed E-state index contributed by atoms with van der Waals surface area (Å²) >= 11 is 0. The average molecular weight is 481 g/mol. The largest absolute Gasteiger partial charge is 0.353 e. The topological polar surface area (TPSA) is 106 Å². The van der Waals surface area contributed by atoms with Crippen molar-refractivity contribution in [1.82, 2.24) is 30.0 Å². The fraction of sp³-hybridized carbons (Fsp3) is 0.259. The number of hydrogen-bond acceptors (Lipinski definition) is 6. The molecule has 0 radical (unpaired) electrons. The minimum absolute atomic E-state index is 0.0363. The van der Waals surface area contributed by atoms with Gasteiger partial charge in [0.25, 0.3) is 0 Å². The third-order valence-electron chi connectivity index (χ3n) is 6.82. The van der Waals surface area contributed by atoms with Gasteiger partial charge in [0.15, 0.2) is 0 Å². The van der Waals surface area contributed by atoms with Crippen LogP contribution in [0.2, 0.25) is 0 Å². The van der Waals surface area contributed by atoms with Gasteiger partial charge in [0, 0.05) is 61.3 Å². The van der Waals surface area contributed by atoms with Crippen molar-refractivity contribution in [3.8, 4) is 22.5 Å². The van der Waals surface area contributed by atoms with E-state index in [1.165, 1.54) is 0 Å². The second-order valence-electron chi connectivity index (χ2n) is 9.27. The normalized spacial score (nSPS) is 14.6. The summed E-state index contributed by atoms with van der Waals surface area (Å²) in [5.74, 6) is 0.978. The summed E-state index contributed by atoms with van der Waals surface area (Å²) in [6.45, 7) is 5.81. The molecule has 1 aliphatic heterocycles. The summed E-state index contributed by atoms with van der Waals surface area (Å²) in [4.78, 5) is 29.1. The van der Waals surface area contributed by atoms with Crippen LogP contribution in [-0.2, 0) is 4.79 Å². The molecule has 3 N–H and O–H groups in total. The van der Waals surface area contributed by atoms with E-state index in [1.807, 2.05) is 37.4 Å². The second-order valence-corrected chi connectivity index (χ2v) is 9.27. The molecule has 0 atom stereocenters. The van der Waals surface area contributed by atoms with Crippen molar-refractivity contribution in [2.24, 2.45) is 0 Å².